The van der Waals surface area contributed by atoms with Crippen molar-refractivity contribution in [2.24, 2.45) is 0 Å². The second-order valence-corrected chi connectivity index (χ2v) is 7.82. The Kier molecular flexibility index (Phi) is 5.07. The minimum Gasteiger partial charge on any atom is -0.279 e. The Morgan fingerprint density at radius 1 is 1.10 bits per heavy atom. The van der Waals surface area contributed by atoms with Gasteiger partial charge in [-0.1, -0.05) is 23.5 Å². The Hall–Kier alpha value is -3.19. The Bertz CT molecular complexity index is 1210. The summed E-state index contributed by atoms with van der Waals surface area (Å²) in [5.74, 6) is -2.51. The van der Waals surface area contributed by atoms with E-state index in [0.717, 1.165) is 39.0 Å². The largest absolute Gasteiger partial charge is 0.279 e. The van der Waals surface area contributed by atoms with Gasteiger partial charge in [0.15, 0.2) is 16.8 Å². The number of rotatable bonds is 4. The number of halogens is 2. The van der Waals surface area contributed by atoms with Crippen molar-refractivity contribution in [2.45, 2.75) is 20.4 Å². The van der Waals surface area contributed by atoms with E-state index in [2.05, 4.69) is 9.97 Å². The predicted molar refractivity (Wildman–Crippen MR) is 110 cm³/mol. The van der Waals surface area contributed by atoms with Crippen LogP contribution in [0.15, 0.2) is 54.9 Å². The average molecular weight is 409 g/mol. The first-order valence-electron chi connectivity index (χ1n) is 8.96. The fraction of sp³-hybridized carbons (Fsp3) is 0.136. The van der Waals surface area contributed by atoms with Gasteiger partial charge in [0.25, 0.3) is 5.91 Å². The highest BCUT2D eigenvalue weighted by Gasteiger charge is 2.23. The van der Waals surface area contributed by atoms with Crippen LogP contribution in [0.5, 0.6) is 0 Å². The van der Waals surface area contributed by atoms with Crippen molar-refractivity contribution in [1.29, 1.82) is 0 Å². The molecule has 0 aliphatic carbocycles. The second kappa shape index (κ2) is 7.67. The number of pyridine rings is 1. The summed E-state index contributed by atoms with van der Waals surface area (Å²) in [7, 11) is 0. The van der Waals surface area contributed by atoms with Crippen molar-refractivity contribution in [3.8, 4) is 0 Å². The molecule has 4 aromatic rings. The maximum atomic E-state index is 13.7. The smallest absolute Gasteiger partial charge is 0.260 e. The quantitative estimate of drug-likeness (QED) is 0.451. The lowest BCUT2D eigenvalue weighted by atomic mass is 10.1. The summed E-state index contributed by atoms with van der Waals surface area (Å²) < 4.78 is 28.0. The summed E-state index contributed by atoms with van der Waals surface area (Å²) in [5, 5.41) is 0.493. The van der Waals surface area contributed by atoms with Crippen molar-refractivity contribution < 1.29 is 13.6 Å². The molecular weight excluding hydrogens is 392 g/mol. The monoisotopic (exact) mass is 409 g/mol. The van der Waals surface area contributed by atoms with Gasteiger partial charge in [-0.15, -0.1) is 0 Å². The Balaban J connectivity index is 1.80. The number of carbonyl (C=O) groups excluding carboxylic acids is 1. The Morgan fingerprint density at radius 3 is 2.66 bits per heavy atom. The van der Waals surface area contributed by atoms with E-state index in [1.807, 2.05) is 32.0 Å². The number of carbonyl (C=O) groups is 1. The van der Waals surface area contributed by atoms with E-state index >= 15 is 0 Å². The molecule has 29 heavy (non-hydrogen) atoms. The maximum Gasteiger partial charge on any atom is 0.260 e. The van der Waals surface area contributed by atoms with Crippen LogP contribution in [0.3, 0.4) is 0 Å². The lowest BCUT2D eigenvalue weighted by Crippen LogP contribution is -2.30. The number of hydrogen-bond acceptors (Lipinski definition) is 4. The molecule has 7 heteroatoms. The van der Waals surface area contributed by atoms with Crippen LogP contribution in [0, 0.1) is 25.5 Å². The van der Waals surface area contributed by atoms with Crippen LogP contribution in [0.1, 0.15) is 27.0 Å². The van der Waals surface area contributed by atoms with Gasteiger partial charge in [0.05, 0.1) is 16.8 Å². The molecule has 0 aliphatic rings. The van der Waals surface area contributed by atoms with Crippen molar-refractivity contribution in [3.05, 3.63) is 88.7 Å². The first-order chi connectivity index (χ1) is 13.9. The predicted octanol–water partition coefficient (Wildman–Crippen LogP) is 5.43. The molecule has 0 atom stereocenters. The molecule has 1 amide bonds. The number of nitrogens with zero attached hydrogens (tertiary/aromatic N) is 3. The van der Waals surface area contributed by atoms with E-state index in [0.29, 0.717) is 5.13 Å². The number of aromatic nitrogens is 2. The van der Waals surface area contributed by atoms with Gasteiger partial charge in [-0.25, -0.2) is 13.8 Å². The molecule has 0 radical (unpaired) electrons. The fourth-order valence-electron chi connectivity index (χ4n) is 3.16. The van der Waals surface area contributed by atoms with E-state index in [1.54, 1.807) is 18.5 Å². The number of amides is 1. The van der Waals surface area contributed by atoms with E-state index in [9.17, 15) is 13.6 Å². The molecule has 2 aromatic heterocycles. The van der Waals surface area contributed by atoms with Crippen LogP contribution in [0.2, 0.25) is 0 Å². The number of fused-ring (bicyclic) bond motifs is 1. The zero-order valence-corrected chi connectivity index (χ0v) is 16.6. The van der Waals surface area contributed by atoms with Crippen molar-refractivity contribution in [3.63, 3.8) is 0 Å². The number of thiazole rings is 1. The average Bonchev–Trinajstić information content (AvgIpc) is 3.12. The standard InChI is InChI=1S/C22H17F2N3OS/c1-13-8-14(2)20-19(9-13)29-22(26-20)27(12-15-4-3-7-25-11-15)21(28)16-5-6-17(23)18(24)10-16/h3-11H,12H2,1-2H3. The third kappa shape index (κ3) is 3.86. The van der Waals surface area contributed by atoms with Crippen molar-refractivity contribution >= 4 is 32.6 Å². The minimum atomic E-state index is -1.06. The SMILES string of the molecule is Cc1cc(C)c2nc(N(Cc3cccnc3)C(=O)c3ccc(F)c(F)c3)sc2c1. The first-order valence-corrected chi connectivity index (χ1v) is 9.77. The molecule has 0 bridgehead atoms. The summed E-state index contributed by atoms with van der Waals surface area (Å²) >= 11 is 1.39. The van der Waals surface area contributed by atoms with Gasteiger partial charge in [-0.05, 0) is 60.9 Å². The van der Waals surface area contributed by atoms with E-state index in [1.165, 1.54) is 22.3 Å². The summed E-state index contributed by atoms with van der Waals surface area (Å²) in [6.45, 7) is 4.19. The van der Waals surface area contributed by atoms with Gasteiger partial charge in [-0.3, -0.25) is 14.7 Å². The van der Waals surface area contributed by atoms with Crippen LogP contribution in [0.4, 0.5) is 13.9 Å². The molecule has 0 spiro atoms. The molecule has 146 valence electrons. The third-order valence-corrected chi connectivity index (χ3v) is 5.55. The topological polar surface area (TPSA) is 46.1 Å². The zero-order chi connectivity index (χ0) is 20.5. The highest BCUT2D eigenvalue weighted by Crippen LogP contribution is 2.33. The number of hydrogen-bond donors (Lipinski definition) is 0. The number of aryl methyl sites for hydroxylation is 2. The molecule has 2 heterocycles. The lowest BCUT2D eigenvalue weighted by Gasteiger charge is -2.20. The fourth-order valence-corrected chi connectivity index (χ4v) is 4.30. The molecule has 4 nitrogen and oxygen atoms in total. The van der Waals surface area contributed by atoms with Crippen molar-refractivity contribution in [1.82, 2.24) is 9.97 Å². The molecule has 0 saturated heterocycles. The molecule has 0 unspecified atom stereocenters. The normalized spacial score (nSPS) is 11.0. The molecule has 4 rings (SSSR count). The summed E-state index contributed by atoms with van der Waals surface area (Å²) in [6, 6.07) is 10.8. The Labute approximate surface area is 170 Å². The van der Waals surface area contributed by atoms with Gasteiger partial charge in [0.2, 0.25) is 0 Å². The lowest BCUT2D eigenvalue weighted by molar-refractivity contribution is 0.0984. The Morgan fingerprint density at radius 2 is 1.93 bits per heavy atom. The minimum absolute atomic E-state index is 0.0555. The molecule has 0 fully saturated rings. The first kappa shape index (κ1) is 19.1. The maximum absolute atomic E-state index is 13.7. The van der Waals surface area contributed by atoms with E-state index < -0.39 is 17.5 Å². The highest BCUT2D eigenvalue weighted by molar-refractivity contribution is 7.22. The van der Waals surface area contributed by atoms with Gasteiger partial charge in [-0.2, -0.15) is 0 Å². The molecule has 0 N–H and O–H groups in total. The van der Waals surface area contributed by atoms with Gasteiger partial charge in [0.1, 0.15) is 0 Å². The molecule has 2 aromatic carbocycles. The van der Waals surface area contributed by atoms with Gasteiger partial charge in [0, 0.05) is 18.0 Å². The van der Waals surface area contributed by atoms with Gasteiger partial charge >= 0.3 is 0 Å². The van der Waals surface area contributed by atoms with E-state index in [4.69, 9.17) is 0 Å². The second-order valence-electron chi connectivity index (χ2n) is 6.81. The number of anilines is 1. The molecular formula is C22H17F2N3OS. The van der Waals surface area contributed by atoms with E-state index in [-0.39, 0.29) is 12.1 Å². The zero-order valence-electron chi connectivity index (χ0n) is 15.8. The summed E-state index contributed by atoms with van der Waals surface area (Å²) in [6.07, 6.45) is 3.31. The summed E-state index contributed by atoms with van der Waals surface area (Å²) in [4.78, 5) is 23.5. The van der Waals surface area contributed by atoms with Crippen LogP contribution in [0.25, 0.3) is 10.2 Å². The molecule has 0 saturated carbocycles. The van der Waals surface area contributed by atoms with Crippen molar-refractivity contribution in [2.75, 3.05) is 4.90 Å². The van der Waals surface area contributed by atoms with Gasteiger partial charge < -0.3 is 0 Å². The van der Waals surface area contributed by atoms with Crippen LogP contribution < -0.4 is 4.90 Å². The third-order valence-electron chi connectivity index (χ3n) is 4.52. The van der Waals surface area contributed by atoms with Crippen LogP contribution in [-0.4, -0.2) is 15.9 Å². The summed E-state index contributed by atoms with van der Waals surface area (Å²) in [5.41, 5.74) is 3.81. The highest BCUT2D eigenvalue weighted by atomic mass is 32.1. The van der Waals surface area contributed by atoms with Crippen LogP contribution >= 0.6 is 11.3 Å². The molecule has 0 aliphatic heterocycles. The number of benzene rings is 2. The van der Waals surface area contributed by atoms with Crippen LogP contribution in [-0.2, 0) is 6.54 Å².